The second-order valence-electron chi connectivity index (χ2n) is 16.7. The normalized spacial score (nSPS) is 12.0. The van der Waals surface area contributed by atoms with Crippen molar-refractivity contribution in [3.05, 3.63) is 242 Å². The molecule has 3 heterocycles. The van der Waals surface area contributed by atoms with E-state index in [1.165, 1.54) is 82.4 Å². The number of hydrogen-bond donors (Lipinski definition) is 0. The van der Waals surface area contributed by atoms with Crippen LogP contribution in [0.3, 0.4) is 0 Å². The van der Waals surface area contributed by atoms with Gasteiger partial charge in [-0.15, -0.1) is 0 Å². The molecule has 0 radical (unpaired) electrons. The van der Waals surface area contributed by atoms with Crippen LogP contribution in [0.2, 0.25) is 0 Å². The van der Waals surface area contributed by atoms with Gasteiger partial charge in [0.25, 0.3) is 0 Å². The molecule has 12 rings (SSSR count). The number of aromatic nitrogens is 3. The summed E-state index contributed by atoms with van der Waals surface area (Å²) in [6.07, 6.45) is 4.39. The van der Waals surface area contributed by atoms with Crippen molar-refractivity contribution in [3.8, 4) is 39.3 Å². The fraction of sp³-hybridized carbons (Fsp3) is 0.0164. The molecular formula is C61H43N3. The highest BCUT2D eigenvalue weighted by Crippen LogP contribution is 2.40. The van der Waals surface area contributed by atoms with E-state index in [1.54, 1.807) is 0 Å². The molecule has 9 aromatic carbocycles. The van der Waals surface area contributed by atoms with E-state index < -0.39 is 0 Å². The third-order valence-corrected chi connectivity index (χ3v) is 13.0. The number of fused-ring (bicyclic) bond motifs is 7. The zero-order chi connectivity index (χ0) is 42.7. The molecule has 3 nitrogen and oxygen atoms in total. The van der Waals surface area contributed by atoms with Gasteiger partial charge < -0.3 is 13.7 Å². The van der Waals surface area contributed by atoms with Gasteiger partial charge in [0.05, 0.1) is 33.3 Å². The summed E-state index contributed by atoms with van der Waals surface area (Å²) in [6.45, 7) is 6.68. The van der Waals surface area contributed by atoms with Gasteiger partial charge in [-0.1, -0.05) is 140 Å². The lowest BCUT2D eigenvalue weighted by Crippen LogP contribution is -1.97. The van der Waals surface area contributed by atoms with E-state index in [9.17, 15) is 0 Å². The fourth-order valence-corrected chi connectivity index (χ4v) is 9.96. The molecule has 0 saturated carbocycles. The summed E-state index contributed by atoms with van der Waals surface area (Å²) < 4.78 is 7.12. The van der Waals surface area contributed by atoms with E-state index in [0.29, 0.717) is 0 Å². The van der Waals surface area contributed by atoms with Gasteiger partial charge in [-0.25, -0.2) is 0 Å². The van der Waals surface area contributed by atoms with E-state index in [2.05, 4.69) is 252 Å². The first-order valence-corrected chi connectivity index (χ1v) is 22.0. The second-order valence-corrected chi connectivity index (χ2v) is 16.7. The molecule has 0 N–H and O–H groups in total. The SMILES string of the molecule is C=Cc1c(/C=C(\C)c2ccc3c(c2)c2ccccc2n3-c2ccccc2)c2cc(-c3ccc4c(c3)c3ccccc3n4-c3ccccc3)ccc2n1-c1ccc(-c2ccccc2)cc1. The maximum absolute atomic E-state index is 4.44. The highest BCUT2D eigenvalue weighted by molar-refractivity contribution is 6.12. The van der Waals surface area contributed by atoms with Crippen molar-refractivity contribution in [2.75, 3.05) is 0 Å². The molecule has 0 aliphatic rings. The highest BCUT2D eigenvalue weighted by atomic mass is 15.0. The predicted octanol–water partition coefficient (Wildman–Crippen LogP) is 16.4. The fourth-order valence-electron chi connectivity index (χ4n) is 9.96. The van der Waals surface area contributed by atoms with Crippen LogP contribution in [0, 0.1) is 0 Å². The molecule has 3 heteroatoms. The first kappa shape index (κ1) is 37.4. The minimum absolute atomic E-state index is 1.06. The van der Waals surface area contributed by atoms with Crippen LogP contribution in [0.15, 0.2) is 225 Å². The largest absolute Gasteiger partial charge is 0.309 e. The Morgan fingerprint density at radius 2 is 0.781 bits per heavy atom. The molecule has 0 atom stereocenters. The molecule has 0 unspecified atom stereocenters. The van der Waals surface area contributed by atoms with Gasteiger partial charge in [-0.05, 0) is 137 Å². The lowest BCUT2D eigenvalue weighted by atomic mass is 9.98. The van der Waals surface area contributed by atoms with E-state index in [-0.39, 0.29) is 0 Å². The first-order chi connectivity index (χ1) is 31.6. The van der Waals surface area contributed by atoms with Crippen LogP contribution in [0.1, 0.15) is 23.7 Å². The van der Waals surface area contributed by atoms with Crippen LogP contribution in [0.4, 0.5) is 0 Å². The van der Waals surface area contributed by atoms with E-state index in [4.69, 9.17) is 0 Å². The Labute approximate surface area is 372 Å². The van der Waals surface area contributed by atoms with Crippen molar-refractivity contribution >= 4 is 72.2 Å². The van der Waals surface area contributed by atoms with Gasteiger partial charge in [0, 0.05) is 49.6 Å². The lowest BCUT2D eigenvalue weighted by molar-refractivity contribution is 1.11. The Bertz CT molecular complexity index is 3770. The molecule has 12 aromatic rings. The molecule has 0 fully saturated rings. The zero-order valence-electron chi connectivity index (χ0n) is 35.5. The Morgan fingerprint density at radius 1 is 0.359 bits per heavy atom. The minimum atomic E-state index is 1.06. The van der Waals surface area contributed by atoms with Gasteiger partial charge in [0.2, 0.25) is 0 Å². The van der Waals surface area contributed by atoms with Crippen LogP contribution < -0.4 is 0 Å². The Balaban J connectivity index is 1.04. The second kappa shape index (κ2) is 15.2. The average molecular weight is 818 g/mol. The summed E-state index contributed by atoms with van der Waals surface area (Å²) in [4.78, 5) is 0. The molecule has 0 spiro atoms. The zero-order valence-corrected chi connectivity index (χ0v) is 35.5. The summed E-state index contributed by atoms with van der Waals surface area (Å²) in [6, 6.07) is 79.1. The summed E-state index contributed by atoms with van der Waals surface area (Å²) >= 11 is 0. The van der Waals surface area contributed by atoms with E-state index in [1.807, 2.05) is 6.08 Å². The van der Waals surface area contributed by atoms with E-state index >= 15 is 0 Å². The summed E-state index contributed by atoms with van der Waals surface area (Å²) in [5, 5.41) is 6.13. The maximum atomic E-state index is 4.44. The van der Waals surface area contributed by atoms with Crippen molar-refractivity contribution in [2.24, 2.45) is 0 Å². The van der Waals surface area contributed by atoms with Gasteiger partial charge in [-0.3, -0.25) is 0 Å². The van der Waals surface area contributed by atoms with Crippen molar-refractivity contribution < 1.29 is 0 Å². The van der Waals surface area contributed by atoms with Gasteiger partial charge >= 0.3 is 0 Å². The topological polar surface area (TPSA) is 14.8 Å². The molecule has 0 aliphatic heterocycles. The van der Waals surface area contributed by atoms with Crippen LogP contribution in [-0.2, 0) is 0 Å². The minimum Gasteiger partial charge on any atom is -0.309 e. The Kier molecular flexibility index (Phi) is 8.87. The number of rotatable bonds is 8. The van der Waals surface area contributed by atoms with Gasteiger partial charge in [-0.2, -0.15) is 0 Å². The first-order valence-electron chi connectivity index (χ1n) is 22.0. The smallest absolute Gasteiger partial charge is 0.0541 e. The standard InChI is InChI=1S/C61H43N3/c1-3-56-52(37-41(2)44-29-34-59-53(38-44)50-23-13-15-25-57(50)63(59)47-19-9-5-10-20-47)55-40-46(31-36-61(55)62(56)49-32-27-43(28-33-49)42-17-7-4-8-18-42)45-30-35-60-54(39-45)51-24-14-16-26-58(51)64(60)48-21-11-6-12-22-48/h3-40H,1H2,2H3/b41-37+. The third kappa shape index (κ3) is 6.05. The summed E-state index contributed by atoms with van der Waals surface area (Å²) in [5.74, 6) is 0. The van der Waals surface area contributed by atoms with Crippen molar-refractivity contribution in [1.29, 1.82) is 0 Å². The molecule has 0 bridgehead atoms. The van der Waals surface area contributed by atoms with Crippen LogP contribution in [0.5, 0.6) is 0 Å². The number of allylic oxidation sites excluding steroid dienone is 1. The van der Waals surface area contributed by atoms with Gasteiger partial charge in [0.15, 0.2) is 0 Å². The van der Waals surface area contributed by atoms with Crippen molar-refractivity contribution in [1.82, 2.24) is 13.7 Å². The summed E-state index contributed by atoms with van der Waals surface area (Å²) in [7, 11) is 0. The van der Waals surface area contributed by atoms with Crippen LogP contribution in [0.25, 0.3) is 112 Å². The van der Waals surface area contributed by atoms with E-state index in [0.717, 1.165) is 33.8 Å². The average Bonchev–Trinajstić information content (AvgIpc) is 3.99. The lowest BCUT2D eigenvalue weighted by Gasteiger charge is -2.11. The predicted molar refractivity (Wildman–Crippen MR) is 273 cm³/mol. The number of benzene rings is 9. The molecule has 0 saturated heterocycles. The number of nitrogens with zero attached hydrogens (tertiary/aromatic N) is 3. The molecule has 0 amide bonds. The van der Waals surface area contributed by atoms with Crippen molar-refractivity contribution in [2.45, 2.75) is 6.92 Å². The Hall–Kier alpha value is -8.40. The third-order valence-electron chi connectivity index (χ3n) is 13.0. The Morgan fingerprint density at radius 3 is 1.36 bits per heavy atom. The molecule has 3 aromatic heterocycles. The maximum Gasteiger partial charge on any atom is 0.0541 e. The van der Waals surface area contributed by atoms with Crippen LogP contribution in [-0.4, -0.2) is 13.7 Å². The molecule has 64 heavy (non-hydrogen) atoms. The summed E-state index contributed by atoms with van der Waals surface area (Å²) in [5.41, 5.74) is 18.6. The monoisotopic (exact) mass is 817 g/mol. The quantitative estimate of drug-likeness (QED) is 0.145. The number of para-hydroxylation sites is 4. The number of hydrogen-bond acceptors (Lipinski definition) is 0. The molecule has 0 aliphatic carbocycles. The molecular weight excluding hydrogens is 775 g/mol. The highest BCUT2D eigenvalue weighted by Gasteiger charge is 2.19. The van der Waals surface area contributed by atoms with Crippen LogP contribution >= 0.6 is 0 Å². The van der Waals surface area contributed by atoms with Crippen molar-refractivity contribution in [3.63, 3.8) is 0 Å². The molecule has 302 valence electrons. The van der Waals surface area contributed by atoms with Gasteiger partial charge in [0.1, 0.15) is 0 Å².